The quantitative estimate of drug-likeness (QED) is 0.279. The largest absolute Gasteiger partial charge is 0.402 e. The van der Waals surface area contributed by atoms with E-state index in [1.165, 1.54) is 13.8 Å². The molecule has 0 aliphatic heterocycles. The predicted molar refractivity (Wildman–Crippen MR) is 90.5 cm³/mol. The highest BCUT2D eigenvalue weighted by molar-refractivity contribution is 4.92. The Morgan fingerprint density at radius 1 is 0.647 bits per heavy atom. The number of halogens is 15. The average molecular weight is 542 g/mol. The van der Waals surface area contributed by atoms with Gasteiger partial charge in [0.05, 0.1) is 24.4 Å². The van der Waals surface area contributed by atoms with Crippen LogP contribution in [0.15, 0.2) is 0 Å². The highest BCUT2D eigenvalue weighted by atomic mass is 19.4. The molecule has 0 aromatic carbocycles. The molecule has 0 radical (unpaired) electrons. The molecule has 0 saturated heterocycles. The predicted octanol–water partition coefficient (Wildman–Crippen LogP) is 8.89. The number of alkyl halides is 15. The van der Waals surface area contributed by atoms with Crippen LogP contribution in [-0.2, 0) is 4.74 Å². The van der Waals surface area contributed by atoms with Gasteiger partial charge in [0.2, 0.25) is 0 Å². The second kappa shape index (κ2) is 12.2. The molecule has 0 aliphatic rings. The maximum absolute atomic E-state index is 12.5. The molecule has 0 saturated carbocycles. The molecular weight excluding hydrogens is 517 g/mol. The van der Waals surface area contributed by atoms with E-state index in [0.29, 0.717) is 6.92 Å². The van der Waals surface area contributed by atoms with Gasteiger partial charge in [-0.1, -0.05) is 20.3 Å². The summed E-state index contributed by atoms with van der Waals surface area (Å²) in [5.41, 5.74) is -4.45. The fourth-order valence-corrected chi connectivity index (χ4v) is 2.65. The molecule has 3 unspecified atom stereocenters. The summed E-state index contributed by atoms with van der Waals surface area (Å²) in [5.74, 6) is -7.47. The Labute approximate surface area is 186 Å². The number of hydrogen-bond donors (Lipinski definition) is 0. The van der Waals surface area contributed by atoms with Gasteiger partial charge >= 0.3 is 30.9 Å². The summed E-state index contributed by atoms with van der Waals surface area (Å²) in [7, 11) is 0. The molecule has 0 rings (SSSR count). The van der Waals surface area contributed by atoms with Gasteiger partial charge in [-0.05, 0) is 26.7 Å². The van der Waals surface area contributed by atoms with E-state index in [4.69, 9.17) is 0 Å². The first-order valence-electron chi connectivity index (χ1n) is 9.68. The third kappa shape index (κ3) is 10.7. The van der Waals surface area contributed by atoms with Crippen LogP contribution in [0.1, 0.15) is 47.0 Å². The molecule has 0 amide bonds. The summed E-state index contributed by atoms with van der Waals surface area (Å²) in [6.07, 6.45) is -29.0. The van der Waals surface area contributed by atoms with E-state index in [1.807, 2.05) is 0 Å². The molecule has 1 nitrogen and oxygen atoms in total. The van der Waals surface area contributed by atoms with Crippen molar-refractivity contribution < 1.29 is 70.6 Å². The molecule has 0 N–H and O–H groups in total. The molecule has 0 heterocycles. The summed E-state index contributed by atoms with van der Waals surface area (Å²) in [4.78, 5) is 0. The molecule has 0 aromatic rings. The van der Waals surface area contributed by atoms with Crippen LogP contribution in [-0.4, -0.2) is 44.1 Å². The molecule has 0 spiro atoms. The Balaban J connectivity index is 0. The summed E-state index contributed by atoms with van der Waals surface area (Å²) in [6, 6.07) is 0. The maximum atomic E-state index is 12.5. The van der Waals surface area contributed by atoms with Crippen molar-refractivity contribution in [1.82, 2.24) is 0 Å². The van der Waals surface area contributed by atoms with Gasteiger partial charge in [-0.15, -0.1) is 0 Å². The lowest BCUT2D eigenvalue weighted by molar-refractivity contribution is -0.347. The van der Waals surface area contributed by atoms with Gasteiger partial charge in [0.15, 0.2) is 5.41 Å². The number of hydrogen-bond acceptors (Lipinski definition) is 1. The second-order valence-electron chi connectivity index (χ2n) is 7.70. The molecule has 16 heteroatoms. The van der Waals surface area contributed by atoms with Crippen molar-refractivity contribution in [2.24, 2.45) is 23.2 Å². The van der Waals surface area contributed by atoms with Gasteiger partial charge in [-0.25, -0.2) is 0 Å². The zero-order valence-corrected chi connectivity index (χ0v) is 18.3. The lowest BCUT2D eigenvalue weighted by Crippen LogP contribution is -2.50. The van der Waals surface area contributed by atoms with Crippen LogP contribution in [0.5, 0.6) is 0 Å². The Kier molecular flexibility index (Phi) is 12.6. The summed E-state index contributed by atoms with van der Waals surface area (Å²) in [6.45, 7) is 1.51. The molecular formula is C18H25F15O. The van der Waals surface area contributed by atoms with Gasteiger partial charge in [0, 0.05) is 6.61 Å². The van der Waals surface area contributed by atoms with E-state index in [-0.39, 0.29) is 20.0 Å². The van der Waals surface area contributed by atoms with Crippen molar-refractivity contribution in [1.29, 1.82) is 0 Å². The fourth-order valence-electron chi connectivity index (χ4n) is 2.65. The maximum Gasteiger partial charge on any atom is 0.402 e. The van der Waals surface area contributed by atoms with Gasteiger partial charge in [0.25, 0.3) is 0 Å². The van der Waals surface area contributed by atoms with E-state index in [9.17, 15) is 65.9 Å². The molecule has 208 valence electrons. The molecule has 34 heavy (non-hydrogen) atoms. The fraction of sp³-hybridized carbons (Fsp3) is 1.00. The molecule has 0 aliphatic carbocycles. The monoisotopic (exact) mass is 542 g/mol. The van der Waals surface area contributed by atoms with Crippen LogP contribution >= 0.6 is 0 Å². The Bertz CT molecular complexity index is 554. The van der Waals surface area contributed by atoms with Crippen LogP contribution in [0.25, 0.3) is 0 Å². The molecule has 0 aromatic heterocycles. The van der Waals surface area contributed by atoms with Crippen molar-refractivity contribution in [3.63, 3.8) is 0 Å². The van der Waals surface area contributed by atoms with Crippen molar-refractivity contribution in [3.05, 3.63) is 0 Å². The Hall–Kier alpha value is -1.09. The highest BCUT2D eigenvalue weighted by Gasteiger charge is 2.69. The highest BCUT2D eigenvalue weighted by Crippen LogP contribution is 2.55. The lowest BCUT2D eigenvalue weighted by Gasteiger charge is -2.37. The molecule has 0 bridgehead atoms. The molecule has 0 fully saturated rings. The first kappa shape index (κ1) is 35.1. The van der Waals surface area contributed by atoms with E-state index in [1.54, 1.807) is 0 Å². The zero-order chi connectivity index (χ0) is 28.0. The summed E-state index contributed by atoms with van der Waals surface area (Å²) >= 11 is 0. The number of rotatable bonds is 8. The Morgan fingerprint density at radius 2 is 1.06 bits per heavy atom. The normalized spacial score (nSPS) is 17.0. The SMILES string of the molecule is CCCC(C(C)C(F)(F)F)C(F)(F)F.CCOCC(CC(C)(C(F)(F)F)C(F)(F)F)C(F)(F)F. The standard InChI is InChI=1S/C10H13F9O.C8H12F6/c1-3-20-5-6(8(11,12)13)4-7(2,9(14,15)16)10(17,18)19;1-3-4-6(8(12,13)14)5(2)7(9,10)11/h6H,3-5H2,1-2H3;5-6H,3-4H2,1-2H3. The smallest absolute Gasteiger partial charge is 0.381 e. The van der Waals surface area contributed by atoms with Gasteiger partial charge in [-0.3, -0.25) is 0 Å². The lowest BCUT2D eigenvalue weighted by atomic mass is 9.79. The minimum atomic E-state index is -5.85. The van der Waals surface area contributed by atoms with E-state index in [2.05, 4.69) is 4.74 Å². The van der Waals surface area contributed by atoms with Crippen LogP contribution < -0.4 is 0 Å². The molecule has 3 atom stereocenters. The van der Waals surface area contributed by atoms with Crippen LogP contribution in [0.2, 0.25) is 0 Å². The van der Waals surface area contributed by atoms with Gasteiger partial charge < -0.3 is 4.74 Å². The van der Waals surface area contributed by atoms with E-state index < -0.39 is 73.5 Å². The average Bonchev–Trinajstić information content (AvgIpc) is 2.58. The van der Waals surface area contributed by atoms with Crippen molar-refractivity contribution in [2.45, 2.75) is 77.8 Å². The second-order valence-corrected chi connectivity index (χ2v) is 7.70. The van der Waals surface area contributed by atoms with Gasteiger partial charge in [-0.2, -0.15) is 65.9 Å². The Morgan fingerprint density at radius 3 is 1.29 bits per heavy atom. The minimum absolute atomic E-state index is 0.0879. The first-order valence-corrected chi connectivity index (χ1v) is 9.68. The topological polar surface area (TPSA) is 9.23 Å². The van der Waals surface area contributed by atoms with Crippen molar-refractivity contribution in [2.75, 3.05) is 13.2 Å². The minimum Gasteiger partial charge on any atom is -0.381 e. The summed E-state index contributed by atoms with van der Waals surface area (Å²) < 4.78 is 190. The van der Waals surface area contributed by atoms with Crippen molar-refractivity contribution >= 4 is 0 Å². The first-order chi connectivity index (χ1) is 14.8. The van der Waals surface area contributed by atoms with Crippen molar-refractivity contribution in [3.8, 4) is 0 Å². The third-order valence-corrected chi connectivity index (χ3v) is 5.03. The van der Waals surface area contributed by atoms with Crippen LogP contribution in [0.4, 0.5) is 65.9 Å². The van der Waals surface area contributed by atoms with E-state index in [0.717, 1.165) is 0 Å². The summed E-state index contributed by atoms with van der Waals surface area (Å²) in [5, 5.41) is 0. The van der Waals surface area contributed by atoms with Crippen LogP contribution in [0.3, 0.4) is 0 Å². The third-order valence-electron chi connectivity index (χ3n) is 5.03. The van der Waals surface area contributed by atoms with Crippen LogP contribution in [0, 0.1) is 23.2 Å². The van der Waals surface area contributed by atoms with Gasteiger partial charge in [0.1, 0.15) is 0 Å². The van der Waals surface area contributed by atoms with E-state index >= 15 is 0 Å². The number of ether oxygens (including phenoxy) is 1. The zero-order valence-electron chi connectivity index (χ0n) is 18.3.